The van der Waals surface area contributed by atoms with Crippen molar-refractivity contribution in [1.82, 2.24) is 14.5 Å². The molecule has 0 aliphatic heterocycles. The number of pyridine rings is 1. The maximum Gasteiger partial charge on any atom is 0.267 e. The third-order valence-electron chi connectivity index (χ3n) is 5.09. The highest BCUT2D eigenvalue weighted by atomic mass is 32.2. The van der Waals surface area contributed by atoms with Crippen LogP contribution < -0.4 is 5.56 Å². The molecule has 1 aromatic carbocycles. The fraction of sp³-hybridized carbons (Fsp3) is 0.261. The maximum atomic E-state index is 13.7. The summed E-state index contributed by atoms with van der Waals surface area (Å²) in [4.78, 5) is 25.1. The summed E-state index contributed by atoms with van der Waals surface area (Å²) >= 11 is 3.06. The van der Waals surface area contributed by atoms with E-state index in [1.54, 1.807) is 22.1 Å². The Morgan fingerprint density at radius 1 is 1.10 bits per heavy atom. The van der Waals surface area contributed by atoms with Crippen LogP contribution in [-0.4, -0.2) is 14.5 Å². The highest BCUT2D eigenvalue weighted by Crippen LogP contribution is 2.33. The molecule has 0 fully saturated rings. The Morgan fingerprint density at radius 2 is 1.93 bits per heavy atom. The first-order valence-corrected chi connectivity index (χ1v) is 11.3. The van der Waals surface area contributed by atoms with Crippen LogP contribution in [-0.2, 0) is 6.42 Å². The zero-order valence-electron chi connectivity index (χ0n) is 17.0. The van der Waals surface area contributed by atoms with Crippen LogP contribution in [0.25, 0.3) is 15.9 Å². The SMILES string of the molecule is CCCc1sc2nc(Sc3ccccn3)n(-c3ccc(C)c(C)c3)c(=O)c2c1C. The van der Waals surface area contributed by atoms with E-state index in [-0.39, 0.29) is 5.56 Å². The van der Waals surface area contributed by atoms with E-state index in [4.69, 9.17) is 4.98 Å². The molecule has 0 aliphatic rings. The molecule has 4 rings (SSSR count). The molecule has 0 saturated carbocycles. The monoisotopic (exact) mass is 421 g/mol. The molecule has 4 nitrogen and oxygen atoms in total. The lowest BCUT2D eigenvalue weighted by Gasteiger charge is -2.13. The number of aryl methyl sites for hydroxylation is 4. The Hall–Kier alpha value is -2.44. The minimum absolute atomic E-state index is 0.00668. The Bertz CT molecular complexity index is 1240. The summed E-state index contributed by atoms with van der Waals surface area (Å²) in [6.45, 7) is 8.35. The van der Waals surface area contributed by atoms with Gasteiger partial charge in [0.15, 0.2) is 5.16 Å². The Labute approximate surface area is 178 Å². The van der Waals surface area contributed by atoms with Gasteiger partial charge >= 0.3 is 0 Å². The molecule has 0 radical (unpaired) electrons. The molecule has 3 aromatic heterocycles. The number of aromatic nitrogens is 3. The molecule has 29 heavy (non-hydrogen) atoms. The summed E-state index contributed by atoms with van der Waals surface area (Å²) in [6, 6.07) is 11.9. The Morgan fingerprint density at radius 3 is 2.62 bits per heavy atom. The highest BCUT2D eigenvalue weighted by molar-refractivity contribution is 7.99. The van der Waals surface area contributed by atoms with Crippen molar-refractivity contribution in [3.05, 3.63) is 74.5 Å². The second-order valence-electron chi connectivity index (χ2n) is 7.15. The fourth-order valence-corrected chi connectivity index (χ4v) is 5.53. The van der Waals surface area contributed by atoms with E-state index in [1.165, 1.54) is 22.2 Å². The molecular formula is C23H23N3OS2. The third-order valence-corrected chi connectivity index (χ3v) is 7.24. The Kier molecular flexibility index (Phi) is 5.56. The normalized spacial score (nSPS) is 11.3. The van der Waals surface area contributed by atoms with Gasteiger partial charge in [-0.2, -0.15) is 0 Å². The minimum atomic E-state index is -0.00668. The van der Waals surface area contributed by atoms with Crippen LogP contribution in [0.5, 0.6) is 0 Å². The third kappa shape index (κ3) is 3.74. The van der Waals surface area contributed by atoms with Gasteiger partial charge in [-0.25, -0.2) is 9.97 Å². The average Bonchev–Trinajstić information content (AvgIpc) is 3.01. The van der Waals surface area contributed by atoms with E-state index in [0.717, 1.165) is 44.9 Å². The number of fused-ring (bicyclic) bond motifs is 1. The van der Waals surface area contributed by atoms with E-state index in [0.29, 0.717) is 5.16 Å². The van der Waals surface area contributed by atoms with Gasteiger partial charge in [-0.05, 0) is 79.9 Å². The average molecular weight is 422 g/mol. The molecule has 0 N–H and O–H groups in total. The van der Waals surface area contributed by atoms with Gasteiger partial charge in [0.25, 0.3) is 5.56 Å². The van der Waals surface area contributed by atoms with E-state index in [9.17, 15) is 4.79 Å². The van der Waals surface area contributed by atoms with Crippen LogP contribution in [0.3, 0.4) is 0 Å². The van der Waals surface area contributed by atoms with Gasteiger partial charge in [-0.15, -0.1) is 11.3 Å². The van der Waals surface area contributed by atoms with Gasteiger partial charge in [0.05, 0.1) is 11.1 Å². The van der Waals surface area contributed by atoms with E-state index < -0.39 is 0 Å². The second kappa shape index (κ2) is 8.13. The number of thiophene rings is 1. The molecule has 0 unspecified atom stereocenters. The first-order chi connectivity index (χ1) is 14.0. The van der Waals surface area contributed by atoms with Crippen LogP contribution in [0.1, 0.15) is 34.9 Å². The van der Waals surface area contributed by atoms with E-state index in [2.05, 4.69) is 37.9 Å². The molecule has 0 spiro atoms. The van der Waals surface area contributed by atoms with Crippen molar-refractivity contribution in [2.45, 2.75) is 50.7 Å². The molecule has 0 saturated heterocycles. The molecule has 0 atom stereocenters. The smallest absolute Gasteiger partial charge is 0.267 e. The van der Waals surface area contributed by atoms with Gasteiger partial charge in [-0.3, -0.25) is 9.36 Å². The van der Waals surface area contributed by atoms with E-state index >= 15 is 0 Å². The highest BCUT2D eigenvalue weighted by Gasteiger charge is 2.20. The zero-order valence-corrected chi connectivity index (χ0v) is 18.7. The van der Waals surface area contributed by atoms with Crippen molar-refractivity contribution in [3.63, 3.8) is 0 Å². The van der Waals surface area contributed by atoms with Crippen molar-refractivity contribution in [1.29, 1.82) is 0 Å². The molecule has 4 aromatic rings. The molecule has 0 bridgehead atoms. The first kappa shape index (κ1) is 19.9. The van der Waals surface area contributed by atoms with Gasteiger partial charge < -0.3 is 0 Å². The molecular weight excluding hydrogens is 398 g/mol. The van der Waals surface area contributed by atoms with Gasteiger partial charge in [0.1, 0.15) is 9.86 Å². The van der Waals surface area contributed by atoms with Crippen molar-refractivity contribution in [2.24, 2.45) is 0 Å². The summed E-state index contributed by atoms with van der Waals surface area (Å²) in [7, 11) is 0. The topological polar surface area (TPSA) is 47.8 Å². The zero-order chi connectivity index (χ0) is 20.5. The number of hydrogen-bond acceptors (Lipinski definition) is 5. The van der Waals surface area contributed by atoms with Gasteiger partial charge in [0, 0.05) is 11.1 Å². The van der Waals surface area contributed by atoms with Crippen molar-refractivity contribution in [3.8, 4) is 5.69 Å². The number of hydrogen-bond donors (Lipinski definition) is 0. The molecule has 0 amide bonds. The predicted molar refractivity (Wildman–Crippen MR) is 122 cm³/mol. The van der Waals surface area contributed by atoms with Crippen molar-refractivity contribution < 1.29 is 0 Å². The van der Waals surface area contributed by atoms with Crippen molar-refractivity contribution in [2.75, 3.05) is 0 Å². The summed E-state index contributed by atoms with van der Waals surface area (Å²) in [6.07, 6.45) is 3.78. The van der Waals surface area contributed by atoms with Crippen LogP contribution in [0.4, 0.5) is 0 Å². The number of nitrogens with zero attached hydrogens (tertiary/aromatic N) is 3. The number of benzene rings is 1. The first-order valence-electron chi connectivity index (χ1n) is 9.71. The quantitative estimate of drug-likeness (QED) is 0.378. The van der Waals surface area contributed by atoms with Crippen LogP contribution >= 0.6 is 23.1 Å². The van der Waals surface area contributed by atoms with Crippen LogP contribution in [0.2, 0.25) is 0 Å². The minimum Gasteiger partial charge on any atom is -0.268 e. The van der Waals surface area contributed by atoms with E-state index in [1.807, 2.05) is 31.2 Å². The lowest BCUT2D eigenvalue weighted by molar-refractivity contribution is 0.818. The molecule has 6 heteroatoms. The summed E-state index contributed by atoms with van der Waals surface area (Å²) in [5.74, 6) is 0. The lowest BCUT2D eigenvalue weighted by Crippen LogP contribution is -2.21. The fourth-order valence-electron chi connectivity index (χ4n) is 3.34. The largest absolute Gasteiger partial charge is 0.268 e. The van der Waals surface area contributed by atoms with Gasteiger partial charge in [0.2, 0.25) is 0 Å². The standard InChI is InChI=1S/C23H23N3OS2/c1-5-8-18-16(4)20-21(28-18)25-23(29-19-9-6-7-12-24-19)26(22(20)27)17-11-10-14(2)15(3)13-17/h6-7,9-13H,5,8H2,1-4H3. The Balaban J connectivity index is 2.00. The predicted octanol–water partition coefficient (Wildman–Crippen LogP) is 5.87. The second-order valence-corrected chi connectivity index (χ2v) is 9.23. The summed E-state index contributed by atoms with van der Waals surface area (Å²) < 4.78 is 1.74. The lowest BCUT2D eigenvalue weighted by atomic mass is 10.1. The molecule has 0 aliphatic carbocycles. The van der Waals surface area contributed by atoms with Gasteiger partial charge in [-0.1, -0.05) is 25.5 Å². The van der Waals surface area contributed by atoms with Crippen LogP contribution in [0, 0.1) is 20.8 Å². The van der Waals surface area contributed by atoms with Crippen molar-refractivity contribution >= 4 is 33.3 Å². The summed E-state index contributed by atoms with van der Waals surface area (Å²) in [5.41, 5.74) is 4.25. The van der Waals surface area contributed by atoms with Crippen LogP contribution in [0.15, 0.2) is 57.6 Å². The molecule has 3 heterocycles. The maximum absolute atomic E-state index is 13.7. The summed E-state index contributed by atoms with van der Waals surface area (Å²) in [5, 5.41) is 2.20. The molecule has 148 valence electrons. The number of rotatable bonds is 5.